The second kappa shape index (κ2) is 6.30. The summed E-state index contributed by atoms with van der Waals surface area (Å²) in [6.07, 6.45) is 1.94. The zero-order chi connectivity index (χ0) is 21.3. The van der Waals surface area contributed by atoms with E-state index in [1.165, 1.54) is 18.2 Å². The molecular weight excluding hydrogens is 388 g/mol. The Hall–Kier alpha value is -2.90. The topological polar surface area (TPSA) is 67.9 Å². The summed E-state index contributed by atoms with van der Waals surface area (Å²) in [7, 11) is 1.93. The van der Waals surface area contributed by atoms with Gasteiger partial charge in [0.05, 0.1) is 17.0 Å². The van der Waals surface area contributed by atoms with Gasteiger partial charge in [-0.15, -0.1) is 5.10 Å². The van der Waals surface area contributed by atoms with Gasteiger partial charge in [0, 0.05) is 25.9 Å². The molecule has 2 heterocycles. The molecule has 3 aromatic rings. The average Bonchev–Trinajstić information content (AvgIpc) is 3.28. The van der Waals surface area contributed by atoms with Crippen LogP contribution in [0.4, 0.5) is 14.8 Å². The molecule has 2 aliphatic rings. The molecule has 0 N–H and O–H groups in total. The Labute approximate surface area is 173 Å². The quantitative estimate of drug-likeness (QED) is 0.634. The lowest BCUT2D eigenvalue weighted by molar-refractivity contribution is 0.208. The molecule has 1 fully saturated rings. The van der Waals surface area contributed by atoms with Crippen LogP contribution in [0.1, 0.15) is 49.8 Å². The fourth-order valence-electron chi connectivity index (χ4n) is 5.55. The van der Waals surface area contributed by atoms with Gasteiger partial charge in [-0.2, -0.15) is 10.2 Å². The van der Waals surface area contributed by atoms with Crippen molar-refractivity contribution in [2.24, 2.45) is 5.41 Å². The average molecular weight is 411 g/mol. The summed E-state index contributed by atoms with van der Waals surface area (Å²) in [6.45, 7) is 6.89. The third-order valence-electron chi connectivity index (χ3n) is 7.18. The number of hydrogen-bond acceptors (Lipinski definition) is 6. The van der Waals surface area contributed by atoms with E-state index in [0.717, 1.165) is 24.1 Å². The minimum atomic E-state index is -0.632. The van der Waals surface area contributed by atoms with E-state index in [2.05, 4.69) is 34.2 Å². The predicted octanol–water partition coefficient (Wildman–Crippen LogP) is 4.40. The van der Waals surface area contributed by atoms with Crippen molar-refractivity contribution in [3.8, 4) is 11.3 Å². The SMILES string of the molecule is Cc1nnc(N(C)C[C@@]23CCC(c4cc(-c5c(F)cccc5F)nnc42)C3(C)C)o1. The minimum absolute atomic E-state index is 0.0975. The Morgan fingerprint density at radius 3 is 2.53 bits per heavy atom. The first kappa shape index (κ1) is 19.1. The fourth-order valence-corrected chi connectivity index (χ4v) is 5.55. The number of rotatable bonds is 4. The molecule has 0 spiro atoms. The molecule has 2 bridgehead atoms. The molecule has 2 atom stereocenters. The zero-order valence-corrected chi connectivity index (χ0v) is 17.4. The highest BCUT2D eigenvalue weighted by Crippen LogP contribution is 2.67. The number of aromatic nitrogens is 4. The standard InChI is InChI=1S/C22H23F2N5O/c1-12-25-28-20(30-12)29(4)11-22-9-8-14(21(22,2)3)13-10-17(26-27-19(13)22)18-15(23)6-5-7-16(18)24/h5-7,10,14H,8-9,11H2,1-4H3/t14?,22-/m0/s1. The van der Waals surface area contributed by atoms with Crippen LogP contribution in [0.15, 0.2) is 28.7 Å². The monoisotopic (exact) mass is 411 g/mol. The molecule has 0 amide bonds. The Morgan fingerprint density at radius 1 is 1.13 bits per heavy atom. The number of hydrogen-bond donors (Lipinski definition) is 0. The molecule has 0 radical (unpaired) electrons. The zero-order valence-electron chi connectivity index (χ0n) is 17.4. The Kier molecular flexibility index (Phi) is 4.01. The van der Waals surface area contributed by atoms with Crippen molar-refractivity contribution in [1.29, 1.82) is 0 Å². The van der Waals surface area contributed by atoms with Crippen molar-refractivity contribution >= 4 is 6.01 Å². The lowest BCUT2D eigenvalue weighted by Gasteiger charge is -2.40. The van der Waals surface area contributed by atoms with Gasteiger partial charge in [0.15, 0.2) is 0 Å². The minimum Gasteiger partial charge on any atom is -0.408 e. The Bertz CT molecular complexity index is 1120. The molecular formula is C22H23F2N5O. The molecule has 5 rings (SSSR count). The Balaban J connectivity index is 1.59. The van der Waals surface area contributed by atoms with Crippen LogP contribution in [0.5, 0.6) is 0 Å². The van der Waals surface area contributed by atoms with E-state index in [1.807, 2.05) is 18.0 Å². The van der Waals surface area contributed by atoms with Crippen molar-refractivity contribution in [2.75, 3.05) is 18.5 Å². The van der Waals surface area contributed by atoms with Crippen molar-refractivity contribution in [3.05, 3.63) is 53.0 Å². The number of anilines is 1. The molecule has 2 aliphatic carbocycles. The van der Waals surface area contributed by atoms with Gasteiger partial charge in [-0.25, -0.2) is 8.78 Å². The number of nitrogens with zero attached hydrogens (tertiary/aromatic N) is 5. The van der Waals surface area contributed by atoms with Crippen molar-refractivity contribution in [1.82, 2.24) is 20.4 Å². The van der Waals surface area contributed by atoms with Gasteiger partial charge in [0.2, 0.25) is 5.89 Å². The van der Waals surface area contributed by atoms with Gasteiger partial charge < -0.3 is 9.32 Å². The van der Waals surface area contributed by atoms with Crippen LogP contribution < -0.4 is 4.90 Å². The maximum Gasteiger partial charge on any atom is 0.317 e. The van der Waals surface area contributed by atoms with Crippen LogP contribution in [-0.4, -0.2) is 34.0 Å². The second-order valence-electron chi connectivity index (χ2n) is 8.98. The van der Waals surface area contributed by atoms with Gasteiger partial charge in [0.25, 0.3) is 0 Å². The summed E-state index contributed by atoms with van der Waals surface area (Å²) >= 11 is 0. The fraction of sp³-hybridized carbons (Fsp3) is 0.455. The molecule has 1 unspecified atom stereocenters. The van der Waals surface area contributed by atoms with Gasteiger partial charge in [-0.3, -0.25) is 0 Å². The first-order chi connectivity index (χ1) is 14.2. The normalized spacial score (nSPS) is 23.6. The highest BCUT2D eigenvalue weighted by atomic mass is 19.1. The predicted molar refractivity (Wildman–Crippen MR) is 107 cm³/mol. The lowest BCUT2D eigenvalue weighted by atomic mass is 9.68. The molecule has 0 saturated heterocycles. The van der Waals surface area contributed by atoms with Crippen LogP contribution >= 0.6 is 0 Å². The second-order valence-corrected chi connectivity index (χ2v) is 8.98. The first-order valence-corrected chi connectivity index (χ1v) is 10.1. The molecule has 156 valence electrons. The number of halogens is 2. The van der Waals surface area contributed by atoms with E-state index in [4.69, 9.17) is 4.42 Å². The molecule has 0 aliphatic heterocycles. The number of benzene rings is 1. The van der Waals surface area contributed by atoms with Crippen molar-refractivity contribution in [2.45, 2.75) is 44.9 Å². The molecule has 8 heteroatoms. The highest BCUT2D eigenvalue weighted by Gasteiger charge is 2.63. The highest BCUT2D eigenvalue weighted by molar-refractivity contribution is 5.63. The third-order valence-corrected chi connectivity index (χ3v) is 7.18. The van der Waals surface area contributed by atoms with Gasteiger partial charge in [0.1, 0.15) is 11.6 Å². The lowest BCUT2D eigenvalue weighted by Crippen LogP contribution is -2.45. The summed E-state index contributed by atoms with van der Waals surface area (Å²) in [5.74, 6) is -0.503. The third kappa shape index (κ3) is 2.45. The number of fused-ring (bicyclic) bond motifs is 5. The smallest absolute Gasteiger partial charge is 0.317 e. The van der Waals surface area contributed by atoms with Crippen LogP contribution in [-0.2, 0) is 5.41 Å². The van der Waals surface area contributed by atoms with E-state index in [9.17, 15) is 8.78 Å². The molecule has 6 nitrogen and oxygen atoms in total. The van der Waals surface area contributed by atoms with Crippen LogP contribution in [0.25, 0.3) is 11.3 Å². The molecule has 1 saturated carbocycles. The maximum atomic E-state index is 14.3. The molecule has 30 heavy (non-hydrogen) atoms. The summed E-state index contributed by atoms with van der Waals surface area (Å²) in [4.78, 5) is 1.96. The Morgan fingerprint density at radius 2 is 1.87 bits per heavy atom. The summed E-state index contributed by atoms with van der Waals surface area (Å²) < 4.78 is 34.3. The van der Waals surface area contributed by atoms with Crippen LogP contribution in [0.2, 0.25) is 0 Å². The van der Waals surface area contributed by atoms with Gasteiger partial charge >= 0.3 is 6.01 Å². The first-order valence-electron chi connectivity index (χ1n) is 10.1. The van der Waals surface area contributed by atoms with E-state index in [-0.39, 0.29) is 28.0 Å². The van der Waals surface area contributed by atoms with Crippen LogP contribution in [0, 0.1) is 24.0 Å². The number of likely N-dealkylation sites (N-methyl/N-ethyl adjacent to an activating group) is 1. The maximum absolute atomic E-state index is 14.3. The summed E-state index contributed by atoms with van der Waals surface area (Å²) in [6, 6.07) is 6.13. The van der Waals surface area contributed by atoms with Crippen molar-refractivity contribution < 1.29 is 13.2 Å². The van der Waals surface area contributed by atoms with Crippen LogP contribution in [0.3, 0.4) is 0 Å². The van der Waals surface area contributed by atoms with E-state index in [0.29, 0.717) is 18.5 Å². The summed E-state index contributed by atoms with van der Waals surface area (Å²) in [5.41, 5.74) is 1.70. The van der Waals surface area contributed by atoms with Gasteiger partial charge in [-0.1, -0.05) is 25.0 Å². The van der Waals surface area contributed by atoms with Gasteiger partial charge in [-0.05, 0) is 47.9 Å². The van der Waals surface area contributed by atoms with E-state index < -0.39 is 11.6 Å². The van der Waals surface area contributed by atoms with Crippen molar-refractivity contribution in [3.63, 3.8) is 0 Å². The molecule has 1 aromatic carbocycles. The largest absolute Gasteiger partial charge is 0.408 e. The van der Waals surface area contributed by atoms with E-state index >= 15 is 0 Å². The van der Waals surface area contributed by atoms with E-state index in [1.54, 1.807) is 6.92 Å². The summed E-state index contributed by atoms with van der Waals surface area (Å²) in [5, 5.41) is 16.9. The molecule has 2 aromatic heterocycles. The number of aryl methyl sites for hydroxylation is 1.